The molecule has 1 N–H and O–H groups in total. The second-order valence-corrected chi connectivity index (χ2v) is 6.05. The summed E-state index contributed by atoms with van der Waals surface area (Å²) in [6.45, 7) is 4.83. The van der Waals surface area contributed by atoms with E-state index in [9.17, 15) is 0 Å². The van der Waals surface area contributed by atoms with E-state index in [1.165, 1.54) is 31.2 Å². The van der Waals surface area contributed by atoms with Gasteiger partial charge in [0.05, 0.1) is 18.3 Å². The van der Waals surface area contributed by atoms with Crippen molar-refractivity contribution in [3.8, 4) is 5.75 Å². The summed E-state index contributed by atoms with van der Waals surface area (Å²) in [5.74, 6) is 0.954. The van der Waals surface area contributed by atoms with Crippen LogP contribution in [0.5, 0.6) is 5.75 Å². The zero-order valence-corrected chi connectivity index (χ0v) is 12.4. The van der Waals surface area contributed by atoms with Crippen molar-refractivity contribution in [2.24, 2.45) is 0 Å². The van der Waals surface area contributed by atoms with Crippen molar-refractivity contribution in [1.82, 2.24) is 5.32 Å². The van der Waals surface area contributed by atoms with Gasteiger partial charge in [-0.1, -0.05) is 31.9 Å². The van der Waals surface area contributed by atoms with Gasteiger partial charge in [-0.25, -0.2) is 0 Å². The lowest BCUT2D eigenvalue weighted by Crippen LogP contribution is -2.49. The zero-order valence-electron chi connectivity index (χ0n) is 12.4. The van der Waals surface area contributed by atoms with E-state index in [1.54, 1.807) is 0 Å². The SMILES string of the molecule is CCCOc1ccc(C2CNCC3(CCCC3)O2)cc1. The number of ether oxygens (including phenoxy) is 2. The van der Waals surface area contributed by atoms with Crippen LogP contribution in [0.1, 0.15) is 50.7 Å². The van der Waals surface area contributed by atoms with Crippen molar-refractivity contribution >= 4 is 0 Å². The zero-order chi connectivity index (χ0) is 13.8. The van der Waals surface area contributed by atoms with Crippen LogP contribution in [0, 0.1) is 0 Å². The summed E-state index contributed by atoms with van der Waals surface area (Å²) in [7, 11) is 0. The second kappa shape index (κ2) is 6.15. The van der Waals surface area contributed by atoms with Gasteiger partial charge >= 0.3 is 0 Å². The van der Waals surface area contributed by atoms with E-state index in [-0.39, 0.29) is 11.7 Å². The largest absolute Gasteiger partial charge is 0.494 e. The van der Waals surface area contributed by atoms with E-state index in [0.29, 0.717) is 0 Å². The fourth-order valence-corrected chi connectivity index (χ4v) is 3.31. The minimum Gasteiger partial charge on any atom is -0.494 e. The third kappa shape index (κ3) is 2.99. The Morgan fingerprint density at radius 1 is 1.25 bits per heavy atom. The van der Waals surface area contributed by atoms with Gasteiger partial charge in [0.15, 0.2) is 0 Å². The quantitative estimate of drug-likeness (QED) is 0.913. The van der Waals surface area contributed by atoms with Gasteiger partial charge in [0.25, 0.3) is 0 Å². The van der Waals surface area contributed by atoms with E-state index in [1.807, 2.05) is 0 Å². The fourth-order valence-electron chi connectivity index (χ4n) is 3.31. The monoisotopic (exact) mass is 275 g/mol. The van der Waals surface area contributed by atoms with E-state index in [2.05, 4.69) is 36.5 Å². The van der Waals surface area contributed by atoms with Crippen molar-refractivity contribution in [1.29, 1.82) is 0 Å². The first-order valence-corrected chi connectivity index (χ1v) is 7.93. The number of hydrogen-bond acceptors (Lipinski definition) is 3. The molecule has 1 atom stereocenters. The van der Waals surface area contributed by atoms with E-state index >= 15 is 0 Å². The predicted octanol–water partition coefficient (Wildman–Crippen LogP) is 3.45. The predicted molar refractivity (Wildman–Crippen MR) is 80.1 cm³/mol. The molecular weight excluding hydrogens is 250 g/mol. The highest BCUT2D eigenvalue weighted by atomic mass is 16.5. The number of benzene rings is 1. The van der Waals surface area contributed by atoms with Crippen molar-refractivity contribution in [3.63, 3.8) is 0 Å². The Hall–Kier alpha value is -1.06. The molecule has 1 unspecified atom stereocenters. The molecule has 3 rings (SSSR count). The Morgan fingerprint density at radius 3 is 2.70 bits per heavy atom. The topological polar surface area (TPSA) is 30.5 Å². The normalized spacial score (nSPS) is 24.9. The number of nitrogens with one attached hydrogen (secondary N) is 1. The molecule has 2 fully saturated rings. The van der Waals surface area contributed by atoms with Crippen LogP contribution >= 0.6 is 0 Å². The van der Waals surface area contributed by atoms with Gasteiger partial charge in [0.1, 0.15) is 5.75 Å². The maximum Gasteiger partial charge on any atom is 0.119 e. The summed E-state index contributed by atoms with van der Waals surface area (Å²) in [5.41, 5.74) is 1.35. The molecule has 110 valence electrons. The lowest BCUT2D eigenvalue weighted by atomic mass is 9.97. The Kier molecular flexibility index (Phi) is 4.27. The highest BCUT2D eigenvalue weighted by molar-refractivity contribution is 5.29. The highest BCUT2D eigenvalue weighted by Gasteiger charge is 2.39. The molecule has 1 saturated heterocycles. The molecule has 0 aromatic heterocycles. The Morgan fingerprint density at radius 2 is 2.00 bits per heavy atom. The molecule has 0 bridgehead atoms. The minimum atomic E-state index is 0.0975. The van der Waals surface area contributed by atoms with Crippen molar-refractivity contribution in [3.05, 3.63) is 29.8 Å². The highest BCUT2D eigenvalue weighted by Crippen LogP contribution is 2.39. The van der Waals surface area contributed by atoms with Crippen molar-refractivity contribution < 1.29 is 9.47 Å². The summed E-state index contributed by atoms with van der Waals surface area (Å²) < 4.78 is 12.1. The molecule has 2 aliphatic rings. The van der Waals surface area contributed by atoms with Crippen LogP contribution in [0.15, 0.2) is 24.3 Å². The first-order chi connectivity index (χ1) is 9.81. The maximum atomic E-state index is 6.44. The van der Waals surface area contributed by atoms with Gasteiger partial charge in [-0.15, -0.1) is 0 Å². The number of rotatable bonds is 4. The van der Waals surface area contributed by atoms with E-state index in [0.717, 1.165) is 31.9 Å². The van der Waals surface area contributed by atoms with Crippen molar-refractivity contribution in [2.45, 2.75) is 50.7 Å². The summed E-state index contributed by atoms with van der Waals surface area (Å²) in [6.07, 6.45) is 6.24. The van der Waals surface area contributed by atoms with Gasteiger partial charge in [-0.3, -0.25) is 0 Å². The summed E-state index contributed by atoms with van der Waals surface area (Å²) in [5, 5.41) is 3.56. The van der Waals surface area contributed by atoms with Crippen LogP contribution in [0.4, 0.5) is 0 Å². The lowest BCUT2D eigenvalue weighted by molar-refractivity contribution is -0.114. The molecule has 20 heavy (non-hydrogen) atoms. The van der Waals surface area contributed by atoms with E-state index < -0.39 is 0 Å². The molecule has 1 aliphatic heterocycles. The average Bonchev–Trinajstić information content (AvgIpc) is 2.93. The summed E-state index contributed by atoms with van der Waals surface area (Å²) >= 11 is 0. The first kappa shape index (κ1) is 13.9. The third-order valence-corrected chi connectivity index (χ3v) is 4.41. The molecule has 1 aliphatic carbocycles. The van der Waals surface area contributed by atoms with Gasteiger partial charge < -0.3 is 14.8 Å². The Balaban J connectivity index is 1.66. The van der Waals surface area contributed by atoms with Gasteiger partial charge in [0, 0.05) is 13.1 Å². The average molecular weight is 275 g/mol. The Bertz CT molecular complexity index is 423. The van der Waals surface area contributed by atoms with Crippen LogP contribution in [0.25, 0.3) is 0 Å². The van der Waals surface area contributed by atoms with Gasteiger partial charge in [0.2, 0.25) is 0 Å². The minimum absolute atomic E-state index is 0.0975. The van der Waals surface area contributed by atoms with Crippen LogP contribution in [-0.4, -0.2) is 25.3 Å². The lowest BCUT2D eigenvalue weighted by Gasteiger charge is -2.39. The van der Waals surface area contributed by atoms with Crippen LogP contribution in [-0.2, 0) is 4.74 Å². The molecule has 1 heterocycles. The molecular formula is C17H25NO2. The fraction of sp³-hybridized carbons (Fsp3) is 0.647. The van der Waals surface area contributed by atoms with Gasteiger partial charge in [-0.2, -0.15) is 0 Å². The molecule has 1 saturated carbocycles. The molecule has 1 aromatic carbocycles. The molecule has 3 nitrogen and oxygen atoms in total. The maximum absolute atomic E-state index is 6.44. The molecule has 3 heteroatoms. The third-order valence-electron chi connectivity index (χ3n) is 4.41. The smallest absolute Gasteiger partial charge is 0.119 e. The van der Waals surface area contributed by atoms with Crippen LogP contribution in [0.3, 0.4) is 0 Å². The standard InChI is InChI=1S/C17H25NO2/c1-2-11-19-15-7-5-14(6-8-15)16-12-18-13-17(20-16)9-3-4-10-17/h5-8,16,18H,2-4,9-13H2,1H3. The molecule has 0 amide bonds. The first-order valence-electron chi connectivity index (χ1n) is 7.93. The number of morpholine rings is 1. The van der Waals surface area contributed by atoms with E-state index in [4.69, 9.17) is 9.47 Å². The van der Waals surface area contributed by atoms with Crippen molar-refractivity contribution in [2.75, 3.05) is 19.7 Å². The molecule has 1 aromatic rings. The second-order valence-electron chi connectivity index (χ2n) is 6.05. The summed E-state index contributed by atoms with van der Waals surface area (Å²) in [4.78, 5) is 0. The van der Waals surface area contributed by atoms with Gasteiger partial charge in [-0.05, 0) is 37.0 Å². The number of hydrogen-bond donors (Lipinski definition) is 1. The van der Waals surface area contributed by atoms with Crippen LogP contribution in [0.2, 0.25) is 0 Å². The molecule has 0 radical (unpaired) electrons. The summed E-state index contributed by atoms with van der Waals surface area (Å²) in [6, 6.07) is 8.41. The Labute approximate surface area is 121 Å². The van der Waals surface area contributed by atoms with Crippen LogP contribution < -0.4 is 10.1 Å². The molecule has 1 spiro atoms.